The number of hydrogen-bond donors (Lipinski definition) is 2. The monoisotopic (exact) mass is 525 g/mol. The van der Waals surface area contributed by atoms with Crippen LogP contribution < -0.4 is 10.6 Å². The Hall–Kier alpha value is -3.28. The molecule has 1 atom stereocenters. The van der Waals surface area contributed by atoms with Crippen LogP contribution in [0.15, 0.2) is 35.5 Å². The number of hydrogen-bond acceptors (Lipinski definition) is 5. The fourth-order valence-corrected chi connectivity index (χ4v) is 4.40. The molecule has 12 heteroatoms. The van der Waals surface area contributed by atoms with Crippen molar-refractivity contribution in [3.05, 3.63) is 46.7 Å². The van der Waals surface area contributed by atoms with Gasteiger partial charge in [-0.2, -0.15) is 13.2 Å². The maximum Gasteiger partial charge on any atom is 0.416 e. The second-order valence-corrected chi connectivity index (χ2v) is 8.99. The number of nitrogens with zero attached hydrogens (tertiary/aromatic N) is 3. The minimum absolute atomic E-state index is 0.0958. The summed E-state index contributed by atoms with van der Waals surface area (Å²) in [4.78, 5) is 43.5. The molecule has 0 unspecified atom stereocenters. The normalized spacial score (nSPS) is 19.4. The van der Waals surface area contributed by atoms with Gasteiger partial charge in [0.1, 0.15) is 0 Å². The highest BCUT2D eigenvalue weighted by Crippen LogP contribution is 2.34. The van der Waals surface area contributed by atoms with Gasteiger partial charge in [-0.25, -0.2) is 14.4 Å². The quantitative estimate of drug-likeness (QED) is 0.533. The van der Waals surface area contributed by atoms with E-state index in [9.17, 15) is 27.6 Å². The van der Waals surface area contributed by atoms with Crippen molar-refractivity contribution in [2.75, 3.05) is 52.9 Å². The molecule has 1 fully saturated rings. The van der Waals surface area contributed by atoms with E-state index >= 15 is 0 Å². The van der Waals surface area contributed by atoms with Crippen molar-refractivity contribution in [1.82, 2.24) is 25.3 Å². The number of rotatable bonds is 7. The predicted molar refractivity (Wildman–Crippen MR) is 130 cm³/mol. The minimum Gasteiger partial charge on any atom is -0.463 e. The van der Waals surface area contributed by atoms with E-state index in [0.29, 0.717) is 50.4 Å². The van der Waals surface area contributed by atoms with Gasteiger partial charge in [0.2, 0.25) is 0 Å². The first-order chi connectivity index (χ1) is 17.6. The van der Waals surface area contributed by atoms with Crippen molar-refractivity contribution in [2.45, 2.75) is 38.9 Å². The molecule has 1 aromatic carbocycles. The maximum atomic E-state index is 13.1. The average molecular weight is 526 g/mol. The lowest BCUT2D eigenvalue weighted by Gasteiger charge is -2.36. The van der Waals surface area contributed by atoms with E-state index < -0.39 is 29.8 Å². The van der Waals surface area contributed by atoms with Crippen LogP contribution in [0.3, 0.4) is 0 Å². The van der Waals surface area contributed by atoms with Gasteiger partial charge in [-0.3, -0.25) is 9.80 Å². The van der Waals surface area contributed by atoms with Crippen molar-refractivity contribution in [3.63, 3.8) is 0 Å². The largest absolute Gasteiger partial charge is 0.463 e. The molecule has 1 aromatic rings. The molecular weight excluding hydrogens is 491 g/mol. The molecule has 37 heavy (non-hydrogen) atoms. The highest BCUT2D eigenvalue weighted by Gasteiger charge is 2.38. The third kappa shape index (κ3) is 6.94. The first-order valence-corrected chi connectivity index (χ1v) is 12.4. The summed E-state index contributed by atoms with van der Waals surface area (Å²) < 4.78 is 44.5. The Morgan fingerprint density at radius 2 is 1.81 bits per heavy atom. The van der Waals surface area contributed by atoms with Crippen molar-refractivity contribution < 1.29 is 32.3 Å². The fourth-order valence-electron chi connectivity index (χ4n) is 4.40. The second kappa shape index (κ2) is 12.3. The molecule has 1 saturated heterocycles. The molecule has 0 bridgehead atoms. The number of carbonyl (C=O) groups excluding carboxylic acids is 3. The first kappa shape index (κ1) is 28.3. The molecular formula is C25H34F3N5O4. The maximum absolute atomic E-state index is 13.1. The Bertz CT molecular complexity index is 1010. The number of likely N-dealkylation sites (N-methyl/N-ethyl adjacent to an activating group) is 1. The number of urea groups is 2. The number of esters is 1. The molecule has 9 nitrogen and oxygen atoms in total. The van der Waals surface area contributed by atoms with E-state index in [-0.39, 0.29) is 24.8 Å². The molecule has 3 rings (SSSR count). The Balaban J connectivity index is 1.90. The Morgan fingerprint density at radius 3 is 2.43 bits per heavy atom. The van der Waals surface area contributed by atoms with Crippen LogP contribution in [0, 0.1) is 0 Å². The van der Waals surface area contributed by atoms with Crippen LogP contribution in [0.2, 0.25) is 0 Å². The van der Waals surface area contributed by atoms with E-state index in [4.69, 9.17) is 4.74 Å². The van der Waals surface area contributed by atoms with E-state index in [1.54, 1.807) is 11.8 Å². The first-order valence-electron chi connectivity index (χ1n) is 12.4. The fraction of sp³-hybridized carbons (Fsp3) is 0.560. The zero-order chi connectivity index (χ0) is 27.2. The number of ether oxygens (including phenoxy) is 1. The predicted octanol–water partition coefficient (Wildman–Crippen LogP) is 3.35. The summed E-state index contributed by atoms with van der Waals surface area (Å²) in [6.45, 7) is 6.79. The van der Waals surface area contributed by atoms with Crippen LogP contribution in [-0.2, 0) is 15.7 Å². The zero-order valence-electron chi connectivity index (χ0n) is 21.4. The van der Waals surface area contributed by atoms with Crippen molar-refractivity contribution in [2.24, 2.45) is 0 Å². The van der Waals surface area contributed by atoms with Gasteiger partial charge >= 0.3 is 24.2 Å². The highest BCUT2D eigenvalue weighted by atomic mass is 19.4. The van der Waals surface area contributed by atoms with Crippen LogP contribution in [0.4, 0.5) is 22.8 Å². The van der Waals surface area contributed by atoms with Gasteiger partial charge in [0.15, 0.2) is 0 Å². The molecule has 204 valence electrons. The number of nitrogens with one attached hydrogen (secondary N) is 2. The SMILES string of the molecule is CCCNC(=O)N1CCCN(CC2=C(C(=O)OCC)[C@@H](c3ccc(C(F)(F)F)cc3)NC(=O)N2C)CC1. The lowest BCUT2D eigenvalue weighted by Crippen LogP contribution is -2.49. The molecule has 0 saturated carbocycles. The summed E-state index contributed by atoms with van der Waals surface area (Å²) in [7, 11) is 1.54. The van der Waals surface area contributed by atoms with E-state index in [2.05, 4.69) is 15.5 Å². The number of halogens is 3. The van der Waals surface area contributed by atoms with E-state index in [1.807, 2.05) is 6.92 Å². The lowest BCUT2D eigenvalue weighted by molar-refractivity contribution is -0.139. The second-order valence-electron chi connectivity index (χ2n) is 8.99. The topological polar surface area (TPSA) is 94.2 Å². The average Bonchev–Trinajstić information content (AvgIpc) is 3.10. The molecule has 0 spiro atoms. The Morgan fingerprint density at radius 1 is 1.11 bits per heavy atom. The molecule has 2 aliphatic heterocycles. The summed E-state index contributed by atoms with van der Waals surface area (Å²) in [5.41, 5.74) is 0.0978. The lowest BCUT2D eigenvalue weighted by atomic mass is 9.93. The molecule has 4 amide bonds. The van der Waals surface area contributed by atoms with Crippen LogP contribution in [-0.4, -0.2) is 85.7 Å². The van der Waals surface area contributed by atoms with Crippen LogP contribution >= 0.6 is 0 Å². The number of alkyl halides is 3. The standard InChI is InChI=1S/C25H34F3N5O4/c1-4-11-29-23(35)33-13-6-12-32(14-15-33)16-19-20(22(34)37-5-2)21(30-24(36)31(19)3)17-7-9-18(10-8-17)25(26,27)28/h7-10,21H,4-6,11-16H2,1-3H3,(H,29,35)(H,30,36)/t21-/m1/s1. The van der Waals surface area contributed by atoms with Crippen LogP contribution in [0.5, 0.6) is 0 Å². The number of benzene rings is 1. The van der Waals surface area contributed by atoms with E-state index in [1.165, 1.54) is 24.1 Å². The Kier molecular flexibility index (Phi) is 9.41. The minimum atomic E-state index is -4.51. The summed E-state index contributed by atoms with van der Waals surface area (Å²) >= 11 is 0. The summed E-state index contributed by atoms with van der Waals surface area (Å²) in [6.07, 6.45) is -2.96. The molecule has 0 radical (unpaired) electrons. The summed E-state index contributed by atoms with van der Waals surface area (Å²) in [6, 6.07) is 2.80. The van der Waals surface area contributed by atoms with Crippen LogP contribution in [0.25, 0.3) is 0 Å². The summed E-state index contributed by atoms with van der Waals surface area (Å²) in [5.74, 6) is -0.648. The number of amides is 4. The molecule has 0 aliphatic carbocycles. The smallest absolute Gasteiger partial charge is 0.416 e. The highest BCUT2D eigenvalue weighted by molar-refractivity contribution is 5.95. The van der Waals surface area contributed by atoms with Gasteiger partial charge in [0, 0.05) is 52.0 Å². The van der Waals surface area contributed by atoms with Crippen molar-refractivity contribution >= 4 is 18.0 Å². The third-order valence-corrected chi connectivity index (χ3v) is 6.42. The summed E-state index contributed by atoms with van der Waals surface area (Å²) in [5, 5.41) is 5.60. The Labute approximate surface area is 214 Å². The van der Waals surface area contributed by atoms with Gasteiger partial charge in [-0.1, -0.05) is 19.1 Å². The molecule has 2 heterocycles. The molecule has 0 aromatic heterocycles. The van der Waals surface area contributed by atoms with E-state index in [0.717, 1.165) is 18.6 Å². The van der Waals surface area contributed by atoms with Crippen molar-refractivity contribution in [3.8, 4) is 0 Å². The van der Waals surface area contributed by atoms with Gasteiger partial charge < -0.3 is 20.3 Å². The van der Waals surface area contributed by atoms with Crippen molar-refractivity contribution in [1.29, 1.82) is 0 Å². The van der Waals surface area contributed by atoms with Gasteiger partial charge in [0.05, 0.1) is 23.8 Å². The third-order valence-electron chi connectivity index (χ3n) is 6.42. The van der Waals surface area contributed by atoms with Crippen LogP contribution in [0.1, 0.15) is 43.9 Å². The van der Waals surface area contributed by atoms with Gasteiger partial charge in [-0.05, 0) is 37.5 Å². The number of carbonyl (C=O) groups is 3. The van der Waals surface area contributed by atoms with Gasteiger partial charge in [0.25, 0.3) is 0 Å². The molecule has 2 N–H and O–H groups in total. The van der Waals surface area contributed by atoms with Gasteiger partial charge in [-0.15, -0.1) is 0 Å². The molecule has 2 aliphatic rings. The zero-order valence-corrected chi connectivity index (χ0v) is 21.4.